The van der Waals surface area contributed by atoms with Crippen LogP contribution in [0, 0.1) is 0 Å². The molecule has 0 amide bonds. The van der Waals surface area contributed by atoms with Crippen LogP contribution in [0.25, 0.3) is 0 Å². The normalized spacial score (nSPS) is 18.8. The molecule has 0 atom stereocenters. The number of aliphatic hydroxyl groups excluding tert-OH is 1. The lowest BCUT2D eigenvalue weighted by Crippen LogP contribution is -2.45. The number of hydrogen-bond acceptors (Lipinski definition) is 3. The van der Waals surface area contributed by atoms with Crippen LogP contribution >= 0.6 is 0 Å². The molecule has 0 saturated carbocycles. The number of piperazine rings is 1. The molecule has 0 bridgehead atoms. The average molecular weight is 240 g/mol. The molecule has 0 aromatic rings. The van der Waals surface area contributed by atoms with Gasteiger partial charge in [0.1, 0.15) is 0 Å². The summed E-state index contributed by atoms with van der Waals surface area (Å²) < 4.78 is 0. The minimum Gasteiger partial charge on any atom is -0.396 e. The second-order valence-corrected chi connectivity index (χ2v) is 4.87. The molecule has 3 nitrogen and oxygen atoms in total. The highest BCUT2D eigenvalue weighted by molar-refractivity contribution is 4.98. The van der Waals surface area contributed by atoms with E-state index in [1.165, 1.54) is 44.8 Å². The van der Waals surface area contributed by atoms with Crippen LogP contribution in [0.1, 0.15) is 39.5 Å². The van der Waals surface area contributed by atoms with E-state index in [4.69, 9.17) is 5.11 Å². The summed E-state index contributed by atoms with van der Waals surface area (Å²) in [5.41, 5.74) is 1.44. The largest absolute Gasteiger partial charge is 0.396 e. The summed E-state index contributed by atoms with van der Waals surface area (Å²) in [6.07, 6.45) is 6.79. The molecule has 1 saturated heterocycles. The van der Waals surface area contributed by atoms with Crippen LogP contribution in [0.4, 0.5) is 0 Å². The Kier molecular flexibility index (Phi) is 7.29. The molecular formula is C14H28N2O. The maximum Gasteiger partial charge on any atom is 0.0431 e. The lowest BCUT2D eigenvalue weighted by atomic mass is 10.2. The van der Waals surface area contributed by atoms with Gasteiger partial charge in [-0.05, 0) is 39.2 Å². The predicted octanol–water partition coefficient (Wildman–Crippen LogP) is 2.08. The second kappa shape index (κ2) is 8.54. The smallest absolute Gasteiger partial charge is 0.0431 e. The van der Waals surface area contributed by atoms with E-state index < -0.39 is 0 Å². The van der Waals surface area contributed by atoms with E-state index in [-0.39, 0.29) is 0 Å². The molecule has 1 heterocycles. The Morgan fingerprint density at radius 3 is 2.41 bits per heavy atom. The van der Waals surface area contributed by atoms with Crippen molar-refractivity contribution in [1.82, 2.24) is 9.80 Å². The molecule has 0 aromatic heterocycles. The van der Waals surface area contributed by atoms with Crippen LogP contribution < -0.4 is 0 Å². The standard InChI is InChI=1S/C14H28N2O/c1-3-7-14(2)16-11-9-15(10-12-16)8-5-4-6-13-17/h7,17H,3-6,8-13H2,1-2H3. The van der Waals surface area contributed by atoms with Crippen LogP contribution in [0.2, 0.25) is 0 Å². The van der Waals surface area contributed by atoms with Gasteiger partial charge < -0.3 is 10.0 Å². The van der Waals surface area contributed by atoms with E-state index in [0.717, 1.165) is 19.3 Å². The quantitative estimate of drug-likeness (QED) is 0.690. The molecule has 1 N–H and O–H groups in total. The van der Waals surface area contributed by atoms with Crippen molar-refractivity contribution in [3.8, 4) is 0 Å². The van der Waals surface area contributed by atoms with E-state index in [2.05, 4.69) is 29.7 Å². The van der Waals surface area contributed by atoms with Crippen LogP contribution in [0.15, 0.2) is 11.8 Å². The highest BCUT2D eigenvalue weighted by atomic mass is 16.2. The van der Waals surface area contributed by atoms with Crippen LogP contribution in [0.3, 0.4) is 0 Å². The van der Waals surface area contributed by atoms with Gasteiger partial charge in [-0.2, -0.15) is 0 Å². The molecule has 1 rings (SSSR count). The first kappa shape index (κ1) is 14.5. The number of allylic oxidation sites excluding steroid dienone is 2. The molecule has 1 aliphatic rings. The van der Waals surface area contributed by atoms with Gasteiger partial charge in [0.2, 0.25) is 0 Å². The summed E-state index contributed by atoms with van der Waals surface area (Å²) in [7, 11) is 0. The van der Waals surface area contributed by atoms with E-state index in [9.17, 15) is 0 Å². The van der Waals surface area contributed by atoms with Crippen LogP contribution in [-0.2, 0) is 0 Å². The second-order valence-electron chi connectivity index (χ2n) is 4.87. The topological polar surface area (TPSA) is 26.7 Å². The first-order chi connectivity index (χ1) is 8.27. The maximum absolute atomic E-state index is 8.72. The minimum absolute atomic E-state index is 0.342. The lowest BCUT2D eigenvalue weighted by Gasteiger charge is -2.36. The van der Waals surface area contributed by atoms with E-state index in [0.29, 0.717) is 6.61 Å². The third-order valence-corrected chi connectivity index (χ3v) is 3.50. The summed E-state index contributed by atoms with van der Waals surface area (Å²) in [6, 6.07) is 0. The number of hydrogen-bond donors (Lipinski definition) is 1. The SMILES string of the molecule is CCC=C(C)N1CCN(CCCCCO)CC1. The monoisotopic (exact) mass is 240 g/mol. The van der Waals surface area contributed by atoms with Gasteiger partial charge in [0, 0.05) is 38.5 Å². The maximum atomic E-state index is 8.72. The number of nitrogens with zero attached hydrogens (tertiary/aromatic N) is 2. The van der Waals surface area contributed by atoms with Gasteiger partial charge in [0.15, 0.2) is 0 Å². The molecule has 1 fully saturated rings. The molecule has 0 spiro atoms. The number of aliphatic hydroxyl groups is 1. The van der Waals surface area contributed by atoms with Gasteiger partial charge >= 0.3 is 0 Å². The summed E-state index contributed by atoms with van der Waals surface area (Å²) >= 11 is 0. The third kappa shape index (κ3) is 5.55. The van der Waals surface area contributed by atoms with Crippen molar-refractivity contribution >= 4 is 0 Å². The Morgan fingerprint density at radius 2 is 1.82 bits per heavy atom. The predicted molar refractivity (Wildman–Crippen MR) is 73.0 cm³/mol. The van der Waals surface area contributed by atoms with Crippen LogP contribution in [0.5, 0.6) is 0 Å². The van der Waals surface area contributed by atoms with Crippen molar-refractivity contribution in [3.05, 3.63) is 11.8 Å². The van der Waals surface area contributed by atoms with Gasteiger partial charge in [0.05, 0.1) is 0 Å². The lowest BCUT2D eigenvalue weighted by molar-refractivity contribution is 0.155. The summed E-state index contributed by atoms with van der Waals surface area (Å²) in [5.74, 6) is 0. The Balaban J connectivity index is 2.15. The van der Waals surface area contributed by atoms with E-state index in [1.54, 1.807) is 0 Å². The van der Waals surface area contributed by atoms with Crippen molar-refractivity contribution in [2.75, 3.05) is 39.3 Å². The fourth-order valence-corrected chi connectivity index (χ4v) is 2.37. The molecular weight excluding hydrogens is 212 g/mol. The molecule has 100 valence electrons. The number of rotatable bonds is 7. The number of unbranched alkanes of at least 4 members (excludes halogenated alkanes) is 2. The molecule has 0 unspecified atom stereocenters. The Morgan fingerprint density at radius 1 is 1.12 bits per heavy atom. The molecule has 0 aliphatic carbocycles. The van der Waals surface area contributed by atoms with E-state index in [1.807, 2.05) is 0 Å². The Labute approximate surface area is 106 Å². The summed E-state index contributed by atoms with van der Waals surface area (Å²) in [4.78, 5) is 5.04. The van der Waals surface area contributed by atoms with Crippen molar-refractivity contribution in [2.45, 2.75) is 39.5 Å². The fraction of sp³-hybridized carbons (Fsp3) is 0.857. The molecule has 0 aromatic carbocycles. The zero-order valence-electron chi connectivity index (χ0n) is 11.5. The average Bonchev–Trinajstić information content (AvgIpc) is 2.36. The minimum atomic E-state index is 0.342. The molecule has 17 heavy (non-hydrogen) atoms. The molecule has 1 aliphatic heterocycles. The Bertz CT molecular complexity index is 220. The summed E-state index contributed by atoms with van der Waals surface area (Å²) in [5, 5.41) is 8.72. The van der Waals surface area contributed by atoms with E-state index >= 15 is 0 Å². The van der Waals surface area contributed by atoms with Gasteiger partial charge in [-0.15, -0.1) is 0 Å². The van der Waals surface area contributed by atoms with Crippen LogP contribution in [-0.4, -0.2) is 54.2 Å². The zero-order chi connectivity index (χ0) is 12.5. The van der Waals surface area contributed by atoms with Gasteiger partial charge in [-0.25, -0.2) is 0 Å². The molecule has 3 heteroatoms. The first-order valence-corrected chi connectivity index (χ1v) is 7.03. The highest BCUT2D eigenvalue weighted by Crippen LogP contribution is 2.10. The zero-order valence-corrected chi connectivity index (χ0v) is 11.5. The van der Waals surface area contributed by atoms with Gasteiger partial charge in [-0.1, -0.05) is 13.0 Å². The fourth-order valence-electron chi connectivity index (χ4n) is 2.37. The molecule has 0 radical (unpaired) electrons. The summed E-state index contributed by atoms with van der Waals surface area (Å²) in [6.45, 7) is 10.7. The van der Waals surface area contributed by atoms with Crippen molar-refractivity contribution in [3.63, 3.8) is 0 Å². The van der Waals surface area contributed by atoms with Gasteiger partial charge in [-0.3, -0.25) is 4.90 Å². The Hall–Kier alpha value is -0.540. The third-order valence-electron chi connectivity index (χ3n) is 3.50. The van der Waals surface area contributed by atoms with Gasteiger partial charge in [0.25, 0.3) is 0 Å². The van der Waals surface area contributed by atoms with Crippen molar-refractivity contribution < 1.29 is 5.11 Å². The van der Waals surface area contributed by atoms with Crippen molar-refractivity contribution in [1.29, 1.82) is 0 Å². The highest BCUT2D eigenvalue weighted by Gasteiger charge is 2.15. The van der Waals surface area contributed by atoms with Crippen molar-refractivity contribution in [2.24, 2.45) is 0 Å². The first-order valence-electron chi connectivity index (χ1n) is 7.03.